The normalized spacial score (nSPS) is 9.68. The molecule has 0 fully saturated rings. The predicted octanol–water partition coefficient (Wildman–Crippen LogP) is 3.58. The summed E-state index contributed by atoms with van der Waals surface area (Å²) < 4.78 is 15.6. The summed E-state index contributed by atoms with van der Waals surface area (Å²) in [6.07, 6.45) is 0. The third-order valence-electron chi connectivity index (χ3n) is 3.51. The molecule has 0 unspecified atom stereocenters. The lowest BCUT2D eigenvalue weighted by Crippen LogP contribution is -2.28. The molecule has 0 aliphatic carbocycles. The van der Waals surface area contributed by atoms with Crippen LogP contribution in [0.1, 0.15) is 5.56 Å². The number of nitrogens with one attached hydrogen (secondary N) is 2. The molecule has 0 aliphatic rings. The molecule has 0 aliphatic heterocycles. The molecule has 0 bridgehead atoms. The van der Waals surface area contributed by atoms with Gasteiger partial charge in [-0.1, -0.05) is 6.07 Å². The number of rotatable bonds is 6. The third kappa shape index (κ3) is 4.54. The van der Waals surface area contributed by atoms with E-state index in [0.717, 1.165) is 5.56 Å². The minimum atomic E-state index is -0.434. The first-order valence-electron chi connectivity index (χ1n) is 7.42. The van der Waals surface area contributed by atoms with Crippen molar-refractivity contribution in [2.45, 2.75) is 6.54 Å². The number of nitrogens with zero attached hydrogens (tertiary/aromatic N) is 1. The van der Waals surface area contributed by atoms with Crippen molar-refractivity contribution in [1.82, 2.24) is 5.32 Å². The lowest BCUT2D eigenvalue weighted by Gasteiger charge is -2.13. The molecule has 2 rings (SSSR count). The summed E-state index contributed by atoms with van der Waals surface area (Å²) in [5, 5.41) is 5.39. The number of methoxy groups -OCH3 is 3. The van der Waals surface area contributed by atoms with Crippen LogP contribution in [-0.2, 0) is 6.54 Å². The number of hydrogen-bond acceptors (Lipinski definition) is 4. The Hall–Kier alpha value is -3.40. The SMILES string of the molecule is [C-]#[N+]c1ccc(OC)cc1NC(=O)NCc1ccc(OC)cc1OC. The standard InChI is InChI=1S/C18H19N3O4/c1-19-15-8-7-13(23-2)9-16(15)21-18(22)20-11-12-5-6-14(24-3)10-17(12)25-4/h5-10H,11H2,2-4H3,(H2,20,21,22). The highest BCUT2D eigenvalue weighted by molar-refractivity contribution is 5.93. The molecule has 0 heterocycles. The van der Waals surface area contributed by atoms with Crippen LogP contribution >= 0.6 is 0 Å². The maximum Gasteiger partial charge on any atom is 0.318 e. The highest BCUT2D eigenvalue weighted by Gasteiger charge is 2.10. The third-order valence-corrected chi connectivity index (χ3v) is 3.51. The number of amides is 2. The van der Waals surface area contributed by atoms with Crippen molar-refractivity contribution in [3.05, 3.63) is 53.4 Å². The Morgan fingerprint density at radius 3 is 2.36 bits per heavy atom. The first-order valence-corrected chi connectivity index (χ1v) is 7.42. The van der Waals surface area contributed by atoms with E-state index in [-0.39, 0.29) is 6.54 Å². The van der Waals surface area contributed by atoms with Gasteiger partial charge in [0.25, 0.3) is 0 Å². The van der Waals surface area contributed by atoms with Gasteiger partial charge in [-0.15, -0.1) is 0 Å². The smallest absolute Gasteiger partial charge is 0.318 e. The van der Waals surface area contributed by atoms with E-state index in [4.69, 9.17) is 20.8 Å². The van der Waals surface area contributed by atoms with Crippen LogP contribution in [-0.4, -0.2) is 27.4 Å². The van der Waals surface area contributed by atoms with Crippen LogP contribution in [0.5, 0.6) is 17.2 Å². The fourth-order valence-electron chi connectivity index (χ4n) is 2.18. The molecule has 0 saturated carbocycles. The number of ether oxygens (including phenoxy) is 3. The second kappa shape index (κ2) is 8.45. The number of carbonyl (C=O) groups excluding carboxylic acids is 1. The lowest BCUT2D eigenvalue weighted by molar-refractivity contribution is 0.251. The molecule has 2 amide bonds. The van der Waals surface area contributed by atoms with E-state index in [9.17, 15) is 4.79 Å². The van der Waals surface area contributed by atoms with E-state index in [0.29, 0.717) is 28.6 Å². The summed E-state index contributed by atoms with van der Waals surface area (Å²) in [6.45, 7) is 7.43. The summed E-state index contributed by atoms with van der Waals surface area (Å²) in [5.74, 6) is 1.84. The number of hydrogen-bond donors (Lipinski definition) is 2. The monoisotopic (exact) mass is 341 g/mol. The second-order valence-electron chi connectivity index (χ2n) is 4.98. The quantitative estimate of drug-likeness (QED) is 0.788. The van der Waals surface area contributed by atoms with Crippen molar-refractivity contribution < 1.29 is 19.0 Å². The molecule has 2 aromatic carbocycles. The van der Waals surface area contributed by atoms with Gasteiger partial charge >= 0.3 is 6.03 Å². The number of benzene rings is 2. The summed E-state index contributed by atoms with van der Waals surface area (Å²) in [7, 11) is 4.65. The molecular formula is C18H19N3O4. The molecule has 0 aromatic heterocycles. The van der Waals surface area contributed by atoms with Crippen molar-refractivity contribution in [3.63, 3.8) is 0 Å². The Balaban J connectivity index is 2.06. The predicted molar refractivity (Wildman–Crippen MR) is 94.7 cm³/mol. The highest BCUT2D eigenvalue weighted by atomic mass is 16.5. The molecule has 25 heavy (non-hydrogen) atoms. The first-order chi connectivity index (χ1) is 12.1. The molecule has 7 nitrogen and oxygen atoms in total. The topological polar surface area (TPSA) is 73.2 Å². The zero-order valence-corrected chi connectivity index (χ0v) is 14.3. The summed E-state index contributed by atoms with van der Waals surface area (Å²) in [5.41, 5.74) is 1.51. The molecule has 2 aromatic rings. The van der Waals surface area contributed by atoms with Crippen molar-refractivity contribution in [2.75, 3.05) is 26.6 Å². The minimum Gasteiger partial charge on any atom is -0.497 e. The van der Waals surface area contributed by atoms with Gasteiger partial charge in [-0.2, -0.15) is 0 Å². The number of carbonyl (C=O) groups is 1. The Morgan fingerprint density at radius 1 is 1.04 bits per heavy atom. The molecule has 0 spiro atoms. The molecular weight excluding hydrogens is 322 g/mol. The number of anilines is 1. The number of urea groups is 1. The summed E-state index contributed by atoms with van der Waals surface area (Å²) >= 11 is 0. The van der Waals surface area contributed by atoms with Gasteiger partial charge in [0.1, 0.15) is 17.2 Å². The second-order valence-corrected chi connectivity index (χ2v) is 4.98. The Kier molecular flexibility index (Phi) is 6.07. The fraction of sp³-hybridized carbons (Fsp3) is 0.222. The van der Waals surface area contributed by atoms with Gasteiger partial charge in [0.2, 0.25) is 5.69 Å². The average molecular weight is 341 g/mol. The van der Waals surface area contributed by atoms with E-state index >= 15 is 0 Å². The van der Waals surface area contributed by atoms with Crippen LogP contribution in [0.15, 0.2) is 36.4 Å². The van der Waals surface area contributed by atoms with E-state index in [1.807, 2.05) is 6.07 Å². The molecule has 130 valence electrons. The van der Waals surface area contributed by atoms with Gasteiger partial charge in [0.05, 0.1) is 33.6 Å². The van der Waals surface area contributed by atoms with Gasteiger partial charge in [-0.05, 0) is 24.3 Å². The van der Waals surface area contributed by atoms with E-state index in [2.05, 4.69) is 15.5 Å². The minimum absolute atomic E-state index is 0.260. The van der Waals surface area contributed by atoms with Crippen molar-refractivity contribution in [2.24, 2.45) is 0 Å². The Labute approximate surface area is 146 Å². The largest absolute Gasteiger partial charge is 0.497 e. The van der Waals surface area contributed by atoms with Gasteiger partial charge in [0.15, 0.2) is 0 Å². The maximum atomic E-state index is 12.1. The van der Waals surface area contributed by atoms with Crippen LogP contribution in [0.4, 0.5) is 16.2 Å². The van der Waals surface area contributed by atoms with Gasteiger partial charge in [0, 0.05) is 18.2 Å². The average Bonchev–Trinajstić information content (AvgIpc) is 2.66. The van der Waals surface area contributed by atoms with Crippen LogP contribution in [0, 0.1) is 6.57 Å². The van der Waals surface area contributed by atoms with Crippen LogP contribution < -0.4 is 24.8 Å². The van der Waals surface area contributed by atoms with Gasteiger partial charge in [-0.3, -0.25) is 0 Å². The molecule has 0 radical (unpaired) electrons. The fourth-order valence-corrected chi connectivity index (χ4v) is 2.18. The van der Waals surface area contributed by atoms with Crippen molar-refractivity contribution in [3.8, 4) is 17.2 Å². The zero-order valence-electron chi connectivity index (χ0n) is 14.3. The maximum absolute atomic E-state index is 12.1. The van der Waals surface area contributed by atoms with Crippen LogP contribution in [0.2, 0.25) is 0 Å². The molecule has 0 saturated heterocycles. The first kappa shape index (κ1) is 17.9. The van der Waals surface area contributed by atoms with E-state index < -0.39 is 6.03 Å². The molecule has 0 atom stereocenters. The Morgan fingerprint density at radius 2 is 1.72 bits per heavy atom. The van der Waals surface area contributed by atoms with E-state index in [1.54, 1.807) is 44.6 Å². The zero-order chi connectivity index (χ0) is 18.2. The molecule has 7 heteroatoms. The van der Waals surface area contributed by atoms with E-state index in [1.165, 1.54) is 7.11 Å². The van der Waals surface area contributed by atoms with Crippen LogP contribution in [0.3, 0.4) is 0 Å². The molecule has 2 N–H and O–H groups in total. The van der Waals surface area contributed by atoms with Gasteiger partial charge in [-0.25, -0.2) is 9.64 Å². The highest BCUT2D eigenvalue weighted by Crippen LogP contribution is 2.29. The van der Waals surface area contributed by atoms with Crippen LogP contribution in [0.25, 0.3) is 4.85 Å². The Bertz CT molecular complexity index is 799. The van der Waals surface area contributed by atoms with Crippen molar-refractivity contribution >= 4 is 17.4 Å². The van der Waals surface area contributed by atoms with Gasteiger partial charge < -0.3 is 24.8 Å². The van der Waals surface area contributed by atoms with Crippen molar-refractivity contribution in [1.29, 1.82) is 0 Å². The summed E-state index contributed by atoms with van der Waals surface area (Å²) in [6, 6.07) is 9.77. The lowest BCUT2D eigenvalue weighted by atomic mass is 10.2. The summed E-state index contributed by atoms with van der Waals surface area (Å²) in [4.78, 5) is 15.5.